The van der Waals surface area contributed by atoms with Crippen LogP contribution in [0.25, 0.3) is 0 Å². The van der Waals surface area contributed by atoms with Crippen LogP contribution in [0.1, 0.15) is 57.1 Å². The highest BCUT2D eigenvalue weighted by Gasteiger charge is 2.59. The van der Waals surface area contributed by atoms with Gasteiger partial charge in [0.05, 0.1) is 18.2 Å². The van der Waals surface area contributed by atoms with Gasteiger partial charge in [-0.05, 0) is 49.3 Å². The zero-order valence-corrected chi connectivity index (χ0v) is 20.8. The van der Waals surface area contributed by atoms with Gasteiger partial charge < -0.3 is 20.1 Å². The van der Waals surface area contributed by atoms with Crippen LogP contribution < -0.4 is 5.32 Å². The van der Waals surface area contributed by atoms with Gasteiger partial charge in [0.15, 0.2) is 0 Å². The van der Waals surface area contributed by atoms with Crippen molar-refractivity contribution in [3.63, 3.8) is 0 Å². The number of amides is 1. The number of halogens is 3. The summed E-state index contributed by atoms with van der Waals surface area (Å²) in [6, 6.07) is 6.47. The van der Waals surface area contributed by atoms with Crippen LogP contribution in [0.5, 0.6) is 0 Å². The Labute approximate surface area is 210 Å². The lowest BCUT2D eigenvalue weighted by Gasteiger charge is -2.55. The smallest absolute Gasteiger partial charge is 0.416 e. The molecule has 4 aliphatic rings. The summed E-state index contributed by atoms with van der Waals surface area (Å²) < 4.78 is 45.4. The summed E-state index contributed by atoms with van der Waals surface area (Å²) in [5, 5.41) is 10.2. The number of nitrogens with one attached hydrogen (secondary N) is 1. The molecule has 0 unspecified atom stereocenters. The molecule has 3 aliphatic heterocycles. The number of benzene rings is 1. The normalized spacial score (nSPS) is 30.4. The third-order valence-electron chi connectivity index (χ3n) is 8.36. The summed E-state index contributed by atoms with van der Waals surface area (Å²) >= 11 is 0. The molecule has 4 fully saturated rings. The van der Waals surface area contributed by atoms with Crippen LogP contribution in [0.15, 0.2) is 24.3 Å². The quantitative estimate of drug-likeness (QED) is 0.587. The topological polar surface area (TPSA) is 82.1 Å². The molecule has 200 valence electrons. The average Bonchev–Trinajstić information content (AvgIpc) is 3.19. The monoisotopic (exact) mass is 511 g/mol. The molecule has 4 atom stereocenters. The summed E-state index contributed by atoms with van der Waals surface area (Å²) in [6.07, 6.45) is -0.147. The maximum atomic E-state index is 13.0. The molecule has 1 spiro atoms. The second-order valence-electron chi connectivity index (χ2n) is 10.7. The van der Waals surface area contributed by atoms with Gasteiger partial charge in [0.25, 0.3) is 6.47 Å². The van der Waals surface area contributed by atoms with Crippen molar-refractivity contribution < 1.29 is 32.6 Å². The number of rotatable bonds is 5. The number of hydrogen-bond donors (Lipinski definition) is 2. The fourth-order valence-electron chi connectivity index (χ4n) is 6.39. The molecule has 1 aliphatic carbocycles. The number of nitrogens with zero attached hydrogens (tertiary/aromatic N) is 2. The number of alkyl halides is 3. The summed E-state index contributed by atoms with van der Waals surface area (Å²) in [7, 11) is 0. The van der Waals surface area contributed by atoms with E-state index in [-0.39, 0.29) is 18.4 Å². The van der Waals surface area contributed by atoms with Crippen molar-refractivity contribution in [2.24, 2.45) is 11.8 Å². The number of ether oxygens (including phenoxy) is 1. The van der Waals surface area contributed by atoms with Gasteiger partial charge in [-0.25, -0.2) is 0 Å². The Kier molecular flexibility index (Phi) is 7.97. The van der Waals surface area contributed by atoms with Crippen LogP contribution >= 0.6 is 0 Å². The zero-order chi connectivity index (χ0) is 26.1. The molecule has 1 saturated carbocycles. The Morgan fingerprint density at radius 1 is 1.22 bits per heavy atom. The Morgan fingerprint density at radius 2 is 1.89 bits per heavy atom. The number of carbonyl (C=O) groups is 2. The standard InChI is InChI=1S/C25H34F3N3O2.CH2O2/c1-16(2)22-15-33-24-10-9-20(11-19(24)7-8-23(32)31(22)24)30(21-12-29-13-21)14-17-3-5-18(6-4-17)25(26,27)28;2-1-3/h3-6,16,19-22,29H,7-15H2,1-2H3;1H,(H,2,3)/t19-,20+,22-,24-;/m1./s1. The van der Waals surface area contributed by atoms with E-state index in [2.05, 4.69) is 29.0 Å². The predicted molar refractivity (Wildman–Crippen MR) is 127 cm³/mol. The van der Waals surface area contributed by atoms with E-state index in [4.69, 9.17) is 14.6 Å². The van der Waals surface area contributed by atoms with E-state index in [0.717, 1.165) is 44.3 Å². The van der Waals surface area contributed by atoms with Gasteiger partial charge in [0.1, 0.15) is 5.72 Å². The molecule has 0 aromatic heterocycles. The first kappa shape index (κ1) is 26.9. The van der Waals surface area contributed by atoms with E-state index in [0.29, 0.717) is 43.5 Å². The minimum Gasteiger partial charge on any atom is -0.483 e. The molecule has 10 heteroatoms. The van der Waals surface area contributed by atoms with Crippen molar-refractivity contribution in [2.45, 2.75) is 82.5 Å². The first-order valence-electron chi connectivity index (χ1n) is 12.8. The van der Waals surface area contributed by atoms with Crippen LogP contribution in [-0.2, 0) is 27.0 Å². The Balaban J connectivity index is 0.000000967. The molecule has 3 saturated heterocycles. The fourth-order valence-corrected chi connectivity index (χ4v) is 6.39. The number of hydrogen-bond acceptors (Lipinski definition) is 5. The van der Waals surface area contributed by atoms with E-state index in [1.165, 1.54) is 12.1 Å². The maximum Gasteiger partial charge on any atom is 0.416 e. The molecule has 0 bridgehead atoms. The van der Waals surface area contributed by atoms with E-state index >= 15 is 0 Å². The molecule has 1 aromatic carbocycles. The Bertz CT molecular complexity index is 922. The van der Waals surface area contributed by atoms with E-state index in [1.807, 2.05) is 0 Å². The molecule has 7 nitrogen and oxygen atoms in total. The number of carboxylic acid groups (broad SMARTS) is 1. The fraction of sp³-hybridized carbons (Fsp3) is 0.692. The molecule has 3 heterocycles. The first-order valence-corrected chi connectivity index (χ1v) is 12.8. The molecule has 5 rings (SSSR count). The van der Waals surface area contributed by atoms with Crippen molar-refractivity contribution in [3.05, 3.63) is 35.4 Å². The van der Waals surface area contributed by atoms with Crippen LogP contribution in [0.2, 0.25) is 0 Å². The van der Waals surface area contributed by atoms with Gasteiger partial charge in [-0.3, -0.25) is 14.5 Å². The van der Waals surface area contributed by atoms with Crippen LogP contribution in [-0.4, -0.2) is 70.8 Å². The van der Waals surface area contributed by atoms with Gasteiger partial charge in [-0.2, -0.15) is 13.2 Å². The highest BCUT2D eigenvalue weighted by Crippen LogP contribution is 2.51. The van der Waals surface area contributed by atoms with Crippen molar-refractivity contribution in [2.75, 3.05) is 19.7 Å². The zero-order valence-electron chi connectivity index (χ0n) is 20.8. The SMILES string of the molecule is CC(C)[C@H]1CO[C@]23CC[C@H](N(Cc4ccc(C(F)(F)F)cc4)C4CNC4)C[C@H]2CCC(=O)N13.O=CO. The largest absolute Gasteiger partial charge is 0.483 e. The van der Waals surface area contributed by atoms with Gasteiger partial charge in [0.2, 0.25) is 5.91 Å². The van der Waals surface area contributed by atoms with Gasteiger partial charge in [-0.15, -0.1) is 0 Å². The third kappa shape index (κ3) is 5.13. The maximum absolute atomic E-state index is 13.0. The lowest BCUT2D eigenvalue weighted by Crippen LogP contribution is -2.65. The molecule has 0 radical (unpaired) electrons. The van der Waals surface area contributed by atoms with Gasteiger partial charge >= 0.3 is 6.18 Å². The minimum absolute atomic E-state index is 0.149. The van der Waals surface area contributed by atoms with Gasteiger partial charge in [0, 0.05) is 44.1 Å². The molecule has 1 amide bonds. The van der Waals surface area contributed by atoms with Crippen LogP contribution in [0, 0.1) is 11.8 Å². The summed E-state index contributed by atoms with van der Waals surface area (Å²) in [5.41, 5.74) is -0.154. The molecule has 36 heavy (non-hydrogen) atoms. The van der Waals surface area contributed by atoms with Crippen LogP contribution in [0.3, 0.4) is 0 Å². The molecule has 2 N–H and O–H groups in total. The number of carbonyl (C=O) groups excluding carboxylic acids is 1. The molecular formula is C26H36F3N3O4. The average molecular weight is 512 g/mol. The second kappa shape index (κ2) is 10.7. The summed E-state index contributed by atoms with van der Waals surface area (Å²) in [6.45, 7) is 7.14. The lowest BCUT2D eigenvalue weighted by atomic mass is 9.72. The minimum atomic E-state index is -4.31. The lowest BCUT2D eigenvalue weighted by molar-refractivity contribution is -0.193. The molecule has 1 aromatic rings. The van der Waals surface area contributed by atoms with E-state index < -0.39 is 17.5 Å². The summed E-state index contributed by atoms with van der Waals surface area (Å²) in [4.78, 5) is 25.8. The second-order valence-corrected chi connectivity index (χ2v) is 10.7. The van der Waals surface area contributed by atoms with Crippen molar-refractivity contribution in [1.82, 2.24) is 15.1 Å². The van der Waals surface area contributed by atoms with E-state index in [1.54, 1.807) is 12.1 Å². The Hall–Kier alpha value is -2.17. The number of piperidine rings is 1. The van der Waals surface area contributed by atoms with Crippen LogP contribution in [0.4, 0.5) is 13.2 Å². The first-order chi connectivity index (χ1) is 17.1. The van der Waals surface area contributed by atoms with Crippen molar-refractivity contribution in [3.8, 4) is 0 Å². The highest BCUT2D eigenvalue weighted by molar-refractivity contribution is 5.78. The van der Waals surface area contributed by atoms with Gasteiger partial charge in [-0.1, -0.05) is 26.0 Å². The predicted octanol–water partition coefficient (Wildman–Crippen LogP) is 3.72. The van der Waals surface area contributed by atoms with Crippen molar-refractivity contribution >= 4 is 12.4 Å². The third-order valence-corrected chi connectivity index (χ3v) is 8.36. The molecular weight excluding hydrogens is 475 g/mol. The van der Waals surface area contributed by atoms with E-state index in [9.17, 15) is 18.0 Å². The van der Waals surface area contributed by atoms with Crippen molar-refractivity contribution in [1.29, 1.82) is 0 Å². The summed E-state index contributed by atoms with van der Waals surface area (Å²) in [5.74, 6) is 0.897. The Morgan fingerprint density at radius 3 is 2.44 bits per heavy atom. The highest BCUT2D eigenvalue weighted by atomic mass is 19.4.